The van der Waals surface area contributed by atoms with Crippen molar-refractivity contribution in [3.05, 3.63) is 58.0 Å². The van der Waals surface area contributed by atoms with E-state index >= 15 is 0 Å². The van der Waals surface area contributed by atoms with Crippen LogP contribution in [0.5, 0.6) is 5.75 Å². The number of ether oxygens (including phenoxy) is 1. The summed E-state index contributed by atoms with van der Waals surface area (Å²) in [6, 6.07) is 6.61. The Balaban J connectivity index is 2.09. The SMILES string of the molecule is CCCNCCCOc1ccn(-c2ccc(C#N)c(F)c2F)c(=O)c1. The lowest BCUT2D eigenvalue weighted by Gasteiger charge is -2.10. The Kier molecular flexibility index (Phi) is 6.66. The van der Waals surface area contributed by atoms with Crippen molar-refractivity contribution in [2.75, 3.05) is 19.7 Å². The Hall–Kier alpha value is -2.72. The molecule has 2 rings (SSSR count). The van der Waals surface area contributed by atoms with Crippen molar-refractivity contribution in [2.24, 2.45) is 0 Å². The molecule has 1 aromatic heterocycles. The first kappa shape index (κ1) is 18.6. The molecule has 132 valence electrons. The van der Waals surface area contributed by atoms with Crippen molar-refractivity contribution in [3.63, 3.8) is 0 Å². The van der Waals surface area contributed by atoms with Crippen molar-refractivity contribution < 1.29 is 13.5 Å². The molecular formula is C18H19F2N3O2. The number of nitrogens with zero attached hydrogens (tertiary/aromatic N) is 2. The van der Waals surface area contributed by atoms with Crippen LogP contribution in [-0.4, -0.2) is 24.3 Å². The number of nitriles is 1. The van der Waals surface area contributed by atoms with E-state index in [-0.39, 0.29) is 5.69 Å². The fourth-order valence-corrected chi connectivity index (χ4v) is 2.25. The van der Waals surface area contributed by atoms with Crippen LogP contribution in [0.4, 0.5) is 8.78 Å². The van der Waals surface area contributed by atoms with E-state index in [4.69, 9.17) is 10.00 Å². The van der Waals surface area contributed by atoms with Gasteiger partial charge in [0.1, 0.15) is 11.8 Å². The summed E-state index contributed by atoms with van der Waals surface area (Å²) in [5.74, 6) is -2.14. The van der Waals surface area contributed by atoms with Crippen LogP contribution in [0.15, 0.2) is 35.3 Å². The second kappa shape index (κ2) is 8.94. The molecule has 2 aromatic rings. The number of pyridine rings is 1. The normalized spacial score (nSPS) is 10.5. The zero-order valence-corrected chi connectivity index (χ0v) is 13.9. The van der Waals surface area contributed by atoms with Gasteiger partial charge in [0.25, 0.3) is 5.56 Å². The second-order valence-electron chi connectivity index (χ2n) is 5.39. The summed E-state index contributed by atoms with van der Waals surface area (Å²) in [5, 5.41) is 11.9. The maximum atomic E-state index is 14.0. The van der Waals surface area contributed by atoms with Gasteiger partial charge in [-0.2, -0.15) is 5.26 Å². The van der Waals surface area contributed by atoms with Gasteiger partial charge >= 0.3 is 0 Å². The van der Waals surface area contributed by atoms with Crippen molar-refractivity contribution in [1.29, 1.82) is 5.26 Å². The highest BCUT2D eigenvalue weighted by atomic mass is 19.2. The van der Waals surface area contributed by atoms with Crippen LogP contribution in [0.25, 0.3) is 5.69 Å². The van der Waals surface area contributed by atoms with E-state index in [9.17, 15) is 13.6 Å². The molecule has 7 heteroatoms. The van der Waals surface area contributed by atoms with Gasteiger partial charge in [-0.3, -0.25) is 9.36 Å². The molecule has 0 aliphatic carbocycles. The number of hydrogen-bond acceptors (Lipinski definition) is 4. The molecule has 1 heterocycles. The van der Waals surface area contributed by atoms with Crippen LogP contribution in [-0.2, 0) is 0 Å². The predicted molar refractivity (Wildman–Crippen MR) is 89.9 cm³/mol. The van der Waals surface area contributed by atoms with Crippen LogP contribution >= 0.6 is 0 Å². The summed E-state index contributed by atoms with van der Waals surface area (Å²) < 4.78 is 34.2. The van der Waals surface area contributed by atoms with Crippen LogP contribution in [0.2, 0.25) is 0 Å². The van der Waals surface area contributed by atoms with E-state index in [1.807, 2.05) is 0 Å². The molecule has 0 bridgehead atoms. The molecule has 0 unspecified atom stereocenters. The second-order valence-corrected chi connectivity index (χ2v) is 5.39. The summed E-state index contributed by atoms with van der Waals surface area (Å²) in [6.45, 7) is 4.30. The first-order valence-corrected chi connectivity index (χ1v) is 8.03. The summed E-state index contributed by atoms with van der Waals surface area (Å²) in [6.07, 6.45) is 3.17. The molecule has 0 aliphatic heterocycles. The number of halogens is 2. The summed E-state index contributed by atoms with van der Waals surface area (Å²) in [5.41, 5.74) is -1.22. The zero-order chi connectivity index (χ0) is 18.2. The minimum atomic E-state index is -1.27. The van der Waals surface area contributed by atoms with E-state index in [0.717, 1.165) is 36.6 Å². The van der Waals surface area contributed by atoms with Gasteiger partial charge in [0.05, 0.1) is 17.9 Å². The lowest BCUT2D eigenvalue weighted by atomic mass is 10.2. The number of hydrogen-bond donors (Lipinski definition) is 1. The average Bonchev–Trinajstić information content (AvgIpc) is 2.61. The molecule has 0 amide bonds. The average molecular weight is 347 g/mol. The fourth-order valence-electron chi connectivity index (χ4n) is 2.25. The molecule has 0 spiro atoms. The van der Waals surface area contributed by atoms with Gasteiger partial charge in [0.2, 0.25) is 0 Å². The molecule has 1 N–H and O–H groups in total. The van der Waals surface area contributed by atoms with E-state index in [2.05, 4.69) is 12.2 Å². The Bertz CT molecular complexity index is 828. The largest absolute Gasteiger partial charge is 0.493 e. The van der Waals surface area contributed by atoms with E-state index in [1.54, 1.807) is 6.07 Å². The quantitative estimate of drug-likeness (QED) is 0.746. The first-order chi connectivity index (χ1) is 12.1. The number of nitrogens with one attached hydrogen (secondary N) is 1. The van der Waals surface area contributed by atoms with Crippen molar-refractivity contribution >= 4 is 0 Å². The third-order valence-corrected chi connectivity index (χ3v) is 3.53. The van der Waals surface area contributed by atoms with Crippen LogP contribution in [0.1, 0.15) is 25.3 Å². The third-order valence-electron chi connectivity index (χ3n) is 3.53. The summed E-state index contributed by atoms with van der Waals surface area (Å²) in [4.78, 5) is 12.1. The van der Waals surface area contributed by atoms with E-state index in [1.165, 1.54) is 24.4 Å². The highest BCUT2D eigenvalue weighted by molar-refractivity contribution is 5.42. The predicted octanol–water partition coefficient (Wildman–Crippen LogP) is 2.76. The lowest BCUT2D eigenvalue weighted by molar-refractivity contribution is 0.307. The lowest BCUT2D eigenvalue weighted by Crippen LogP contribution is -2.20. The highest BCUT2D eigenvalue weighted by Gasteiger charge is 2.15. The maximum Gasteiger partial charge on any atom is 0.258 e. The molecule has 0 aliphatic rings. The van der Waals surface area contributed by atoms with Gasteiger partial charge in [0.15, 0.2) is 11.6 Å². The van der Waals surface area contributed by atoms with Gasteiger partial charge in [-0.25, -0.2) is 8.78 Å². The number of rotatable bonds is 8. The van der Waals surface area contributed by atoms with E-state index in [0.29, 0.717) is 12.4 Å². The van der Waals surface area contributed by atoms with Crippen LogP contribution in [0.3, 0.4) is 0 Å². The Morgan fingerprint density at radius 1 is 1.24 bits per heavy atom. The molecule has 0 saturated carbocycles. The van der Waals surface area contributed by atoms with Gasteiger partial charge in [-0.1, -0.05) is 6.92 Å². The highest BCUT2D eigenvalue weighted by Crippen LogP contribution is 2.19. The minimum Gasteiger partial charge on any atom is -0.493 e. The Labute approximate surface area is 144 Å². The van der Waals surface area contributed by atoms with Gasteiger partial charge in [0, 0.05) is 12.3 Å². The topological polar surface area (TPSA) is 67.0 Å². The Morgan fingerprint density at radius 2 is 2.04 bits per heavy atom. The van der Waals surface area contributed by atoms with Crippen molar-refractivity contribution in [2.45, 2.75) is 19.8 Å². The number of aromatic nitrogens is 1. The van der Waals surface area contributed by atoms with Crippen molar-refractivity contribution in [1.82, 2.24) is 9.88 Å². The monoisotopic (exact) mass is 347 g/mol. The standard InChI is InChI=1S/C18H19F2N3O2/c1-2-7-22-8-3-10-25-14-6-9-23(16(24)11-14)15-5-4-13(12-21)17(19)18(15)20/h4-6,9,11,22H,2-3,7-8,10H2,1H3. The number of benzene rings is 1. The zero-order valence-electron chi connectivity index (χ0n) is 13.9. The maximum absolute atomic E-state index is 14.0. The summed E-state index contributed by atoms with van der Waals surface area (Å²) in [7, 11) is 0. The van der Waals surface area contributed by atoms with Crippen molar-refractivity contribution in [3.8, 4) is 17.5 Å². The first-order valence-electron chi connectivity index (χ1n) is 8.03. The van der Waals surface area contributed by atoms with Crippen LogP contribution < -0.4 is 15.6 Å². The van der Waals surface area contributed by atoms with Gasteiger partial charge in [-0.05, 0) is 44.1 Å². The van der Waals surface area contributed by atoms with Gasteiger partial charge < -0.3 is 10.1 Å². The molecule has 0 atom stereocenters. The molecule has 0 fully saturated rings. The fraction of sp³-hybridized carbons (Fsp3) is 0.333. The molecular weight excluding hydrogens is 328 g/mol. The molecule has 25 heavy (non-hydrogen) atoms. The van der Waals surface area contributed by atoms with Gasteiger partial charge in [-0.15, -0.1) is 0 Å². The molecule has 0 radical (unpaired) electrons. The Morgan fingerprint density at radius 3 is 2.72 bits per heavy atom. The van der Waals surface area contributed by atoms with E-state index < -0.39 is 22.8 Å². The smallest absolute Gasteiger partial charge is 0.258 e. The molecule has 0 saturated heterocycles. The minimum absolute atomic E-state index is 0.253. The summed E-state index contributed by atoms with van der Waals surface area (Å²) >= 11 is 0. The molecule has 1 aromatic carbocycles. The van der Waals surface area contributed by atoms with Crippen LogP contribution in [0, 0.1) is 23.0 Å². The molecule has 5 nitrogen and oxygen atoms in total. The third kappa shape index (κ3) is 4.64.